The lowest BCUT2D eigenvalue weighted by molar-refractivity contribution is 0.0942. The Labute approximate surface area is 253 Å². The van der Waals surface area contributed by atoms with Crippen molar-refractivity contribution in [2.45, 2.75) is 96.1 Å². The Bertz CT molecular complexity index is 1290. The number of aromatic nitrogens is 4. The molecule has 10 heteroatoms. The van der Waals surface area contributed by atoms with Gasteiger partial charge in [0.15, 0.2) is 5.65 Å². The smallest absolute Gasteiger partial charge is 0.165 e. The molecule has 2 fully saturated rings. The van der Waals surface area contributed by atoms with Gasteiger partial charge in [-0.3, -0.25) is 4.98 Å². The van der Waals surface area contributed by atoms with E-state index in [1.807, 2.05) is 16.8 Å². The molecule has 7 nitrogen and oxygen atoms in total. The van der Waals surface area contributed by atoms with Gasteiger partial charge in [0.1, 0.15) is 26.0 Å². The molecule has 0 radical (unpaired) electrons. The fourth-order valence-electron chi connectivity index (χ4n) is 6.29. The average Bonchev–Trinajstić information content (AvgIpc) is 3.52. The van der Waals surface area contributed by atoms with Gasteiger partial charge in [-0.1, -0.05) is 58.2 Å². The van der Waals surface area contributed by atoms with Crippen molar-refractivity contribution in [3.8, 4) is 11.1 Å². The van der Waals surface area contributed by atoms with Crippen LogP contribution in [0.25, 0.3) is 16.8 Å². The van der Waals surface area contributed by atoms with Gasteiger partial charge in [0.05, 0.1) is 11.9 Å². The number of fused-ring (bicyclic) bond motifs is 3. The zero-order chi connectivity index (χ0) is 29.9. The molecule has 0 saturated heterocycles. The van der Waals surface area contributed by atoms with Gasteiger partial charge in [-0.15, -0.1) is 0 Å². The molecular weight excluding hydrogens is 562 g/mol. The first kappa shape index (κ1) is 31.3. The molecule has 0 N–H and O–H groups in total. The molecule has 42 heavy (non-hydrogen) atoms. The van der Waals surface area contributed by atoms with Crippen LogP contribution in [-0.2, 0) is 16.1 Å². The standard InChI is InChI=1S/C32H50FN5O2Si2/c1-41(2,3)13-11-39-22-37(23-40-12-14-42(4,5)6)31-18-30(27-16-24-7-8-25(15-24)17-27)36-32-29(21-35-38(31)32)26-9-10-28(19-33)34-20-26/h9-10,18,20-21,24-25,27H,7-8,11-17,19,22-23H2,1-6H3/t24-,25+,27?. The first-order chi connectivity index (χ1) is 20.0. The van der Waals surface area contributed by atoms with Crippen LogP contribution in [0.3, 0.4) is 0 Å². The molecule has 2 aliphatic rings. The number of halogens is 1. The number of hydrogen-bond acceptors (Lipinski definition) is 6. The third-order valence-electron chi connectivity index (χ3n) is 8.86. The monoisotopic (exact) mass is 611 g/mol. The van der Waals surface area contributed by atoms with Crippen LogP contribution in [-0.4, -0.2) is 62.4 Å². The van der Waals surface area contributed by atoms with Crippen molar-refractivity contribution in [1.82, 2.24) is 19.6 Å². The van der Waals surface area contributed by atoms with Gasteiger partial charge in [0, 0.05) is 64.4 Å². The normalized spacial score (nSPS) is 20.9. The van der Waals surface area contributed by atoms with Gasteiger partial charge in [-0.05, 0) is 49.3 Å². The number of anilines is 1. The lowest BCUT2D eigenvalue weighted by Gasteiger charge is -2.30. The molecule has 3 aromatic heterocycles. The van der Waals surface area contributed by atoms with E-state index in [0.717, 1.165) is 65.4 Å². The number of ether oxygens (including phenoxy) is 2. The van der Waals surface area contributed by atoms with Crippen LogP contribution in [0.15, 0.2) is 30.6 Å². The average molecular weight is 612 g/mol. The summed E-state index contributed by atoms with van der Waals surface area (Å²) in [7, 11) is -2.42. The first-order valence-electron chi connectivity index (χ1n) is 15.8. The van der Waals surface area contributed by atoms with Crippen molar-refractivity contribution in [2.75, 3.05) is 31.6 Å². The third-order valence-corrected chi connectivity index (χ3v) is 12.3. The zero-order valence-electron chi connectivity index (χ0n) is 26.5. The van der Waals surface area contributed by atoms with E-state index in [-0.39, 0.29) is 0 Å². The van der Waals surface area contributed by atoms with E-state index in [4.69, 9.17) is 19.6 Å². The van der Waals surface area contributed by atoms with Crippen molar-refractivity contribution >= 4 is 27.6 Å². The van der Waals surface area contributed by atoms with Crippen LogP contribution in [0.1, 0.15) is 49.4 Å². The lowest BCUT2D eigenvalue weighted by Crippen LogP contribution is -2.33. The lowest BCUT2D eigenvalue weighted by atomic mass is 9.79. The summed E-state index contributed by atoms with van der Waals surface area (Å²) in [4.78, 5) is 11.8. The minimum absolute atomic E-state index is 0.430. The number of hydrogen-bond donors (Lipinski definition) is 0. The molecule has 0 aliphatic heterocycles. The molecule has 3 heterocycles. The highest BCUT2D eigenvalue weighted by molar-refractivity contribution is 6.76. The summed E-state index contributed by atoms with van der Waals surface area (Å²) in [6.07, 6.45) is 10.1. The molecule has 2 aliphatic carbocycles. The van der Waals surface area contributed by atoms with Gasteiger partial charge in [-0.25, -0.2) is 9.37 Å². The summed E-state index contributed by atoms with van der Waals surface area (Å²) < 4.78 is 27.7. The van der Waals surface area contributed by atoms with E-state index in [1.165, 1.54) is 32.1 Å². The molecule has 1 unspecified atom stereocenters. The van der Waals surface area contributed by atoms with Crippen LogP contribution in [0, 0.1) is 11.8 Å². The van der Waals surface area contributed by atoms with Gasteiger partial charge >= 0.3 is 0 Å². The van der Waals surface area contributed by atoms with E-state index in [9.17, 15) is 4.39 Å². The summed E-state index contributed by atoms with van der Waals surface area (Å²) in [5.74, 6) is 3.01. The molecule has 230 valence electrons. The molecule has 2 saturated carbocycles. The topological polar surface area (TPSA) is 64.8 Å². The number of alkyl halides is 1. The Hall–Kier alpha value is -2.15. The van der Waals surface area contributed by atoms with Crippen molar-refractivity contribution < 1.29 is 13.9 Å². The van der Waals surface area contributed by atoms with Crippen molar-refractivity contribution in [3.63, 3.8) is 0 Å². The fourth-order valence-corrected chi connectivity index (χ4v) is 7.80. The second kappa shape index (κ2) is 13.2. The van der Waals surface area contributed by atoms with E-state index < -0.39 is 22.8 Å². The highest BCUT2D eigenvalue weighted by Crippen LogP contribution is 2.48. The van der Waals surface area contributed by atoms with E-state index in [2.05, 4.69) is 55.2 Å². The number of rotatable bonds is 14. The quantitative estimate of drug-likeness (QED) is 0.105. The molecule has 2 bridgehead atoms. The van der Waals surface area contributed by atoms with Gasteiger partial charge in [0.2, 0.25) is 0 Å². The molecule has 3 aromatic rings. The van der Waals surface area contributed by atoms with E-state index in [0.29, 0.717) is 25.1 Å². The maximum Gasteiger partial charge on any atom is 0.165 e. The summed E-state index contributed by atoms with van der Waals surface area (Å²) in [5.41, 5.74) is 4.18. The summed E-state index contributed by atoms with van der Waals surface area (Å²) >= 11 is 0. The third kappa shape index (κ3) is 8.06. The predicted molar refractivity (Wildman–Crippen MR) is 174 cm³/mol. The highest BCUT2D eigenvalue weighted by atomic mass is 28.3. The van der Waals surface area contributed by atoms with Crippen LogP contribution in [0.4, 0.5) is 10.2 Å². The second-order valence-corrected chi connectivity index (χ2v) is 26.2. The van der Waals surface area contributed by atoms with Crippen molar-refractivity contribution in [3.05, 3.63) is 42.0 Å². The van der Waals surface area contributed by atoms with Crippen LogP contribution >= 0.6 is 0 Å². The molecule has 0 aromatic carbocycles. The van der Waals surface area contributed by atoms with Crippen molar-refractivity contribution in [2.24, 2.45) is 11.8 Å². The van der Waals surface area contributed by atoms with E-state index >= 15 is 0 Å². The Morgan fingerprint density at radius 1 is 0.905 bits per heavy atom. The zero-order valence-corrected chi connectivity index (χ0v) is 28.5. The largest absolute Gasteiger partial charge is 0.361 e. The van der Waals surface area contributed by atoms with Crippen LogP contribution in [0.2, 0.25) is 51.4 Å². The predicted octanol–water partition coefficient (Wildman–Crippen LogP) is 7.99. The Balaban J connectivity index is 1.50. The van der Waals surface area contributed by atoms with E-state index in [1.54, 1.807) is 12.3 Å². The summed E-state index contributed by atoms with van der Waals surface area (Å²) in [6, 6.07) is 8.14. The Morgan fingerprint density at radius 3 is 2.10 bits per heavy atom. The van der Waals surface area contributed by atoms with Crippen LogP contribution in [0.5, 0.6) is 0 Å². The maximum absolute atomic E-state index is 13.2. The molecule has 0 spiro atoms. The Morgan fingerprint density at radius 2 is 1.55 bits per heavy atom. The first-order valence-corrected chi connectivity index (χ1v) is 23.2. The van der Waals surface area contributed by atoms with Crippen molar-refractivity contribution in [1.29, 1.82) is 0 Å². The minimum Gasteiger partial charge on any atom is -0.361 e. The van der Waals surface area contributed by atoms with Gasteiger partial charge in [0.25, 0.3) is 0 Å². The number of pyridine rings is 1. The summed E-state index contributed by atoms with van der Waals surface area (Å²) in [5, 5.41) is 4.84. The molecule has 3 atom stereocenters. The molecule has 0 amide bonds. The molecular formula is C32H50FN5O2Si2. The maximum atomic E-state index is 13.2. The highest BCUT2D eigenvalue weighted by Gasteiger charge is 2.36. The molecule has 5 rings (SSSR count). The summed E-state index contributed by atoms with van der Waals surface area (Å²) in [6.45, 7) is 16.1. The SMILES string of the molecule is C[Si](C)(C)CCOCN(COCC[Si](C)(C)C)c1cc(C2C[C@H]3CC[C@@H](C2)C3)nc2c(-c3ccc(CF)nc3)cnn12. The Kier molecular flexibility index (Phi) is 9.86. The van der Waals surface area contributed by atoms with Gasteiger partial charge in [-0.2, -0.15) is 9.61 Å². The second-order valence-electron chi connectivity index (χ2n) is 15.0. The van der Waals surface area contributed by atoms with Gasteiger partial charge < -0.3 is 14.4 Å². The van der Waals surface area contributed by atoms with Crippen LogP contribution < -0.4 is 4.90 Å². The number of nitrogens with zero attached hydrogens (tertiary/aromatic N) is 5. The minimum atomic E-state index is -1.21. The fraction of sp³-hybridized carbons (Fsp3) is 0.656.